The van der Waals surface area contributed by atoms with Gasteiger partial charge in [-0.25, -0.2) is 0 Å². The van der Waals surface area contributed by atoms with Gasteiger partial charge in [0.25, 0.3) is 6.26 Å². The molecule has 0 fully saturated rings. The van der Waals surface area contributed by atoms with E-state index < -0.39 is 0 Å². The van der Waals surface area contributed by atoms with E-state index in [0.29, 0.717) is 6.61 Å². The maximum Gasteiger partial charge on any atom is 0.286 e. The molecular formula is C5H13NO. The van der Waals surface area contributed by atoms with Crippen LogP contribution in [0.5, 0.6) is 0 Å². The highest BCUT2D eigenvalue weighted by molar-refractivity contribution is 4.42. The predicted octanol–water partition coefficient (Wildman–Crippen LogP) is 1.78. The van der Waals surface area contributed by atoms with E-state index in [4.69, 9.17) is 5.26 Å². The lowest BCUT2D eigenvalue weighted by Crippen LogP contribution is -1.73. The summed E-state index contributed by atoms with van der Waals surface area (Å²) in [5.74, 6) is 0. The summed E-state index contributed by atoms with van der Waals surface area (Å²) in [5, 5.41) is 7.59. The van der Waals surface area contributed by atoms with Crippen LogP contribution in [0.25, 0.3) is 0 Å². The fraction of sp³-hybridized carbons (Fsp3) is 0.800. The van der Waals surface area contributed by atoms with E-state index >= 15 is 0 Å². The van der Waals surface area contributed by atoms with Gasteiger partial charge in [0.2, 0.25) is 0 Å². The molecule has 2 heteroatoms. The normalized spacial score (nSPS) is 4.00. The number of hydrogen-bond acceptors (Lipinski definition) is 2. The molecule has 2 nitrogen and oxygen atoms in total. The molecule has 7 heavy (non-hydrogen) atoms. The minimum Gasteiger partial charge on any atom is -0.428 e. The van der Waals surface area contributed by atoms with Gasteiger partial charge in [0, 0.05) is 0 Å². The smallest absolute Gasteiger partial charge is 0.286 e. The van der Waals surface area contributed by atoms with E-state index in [1.54, 1.807) is 6.92 Å². The second-order valence-corrected chi connectivity index (χ2v) is 0.524. The van der Waals surface area contributed by atoms with E-state index in [9.17, 15) is 0 Å². The van der Waals surface area contributed by atoms with Crippen LogP contribution >= 0.6 is 0 Å². The zero-order valence-electron chi connectivity index (χ0n) is 3.06. The highest BCUT2D eigenvalue weighted by Crippen LogP contribution is 1.58. The van der Waals surface area contributed by atoms with Gasteiger partial charge in [-0.2, -0.15) is 5.26 Å². The molecule has 0 atom stereocenters. The molecule has 0 bridgehead atoms. The van der Waals surface area contributed by atoms with Crippen LogP contribution in [0.4, 0.5) is 0 Å². The number of ether oxygens (including phenoxy) is 1. The molecule has 44 valence electrons. The SMILES string of the molecule is C.C.CCOC#N. The van der Waals surface area contributed by atoms with Gasteiger partial charge in [-0.15, -0.1) is 0 Å². The number of nitriles is 1. The molecule has 0 aliphatic carbocycles. The fourth-order valence-electron chi connectivity index (χ4n) is 0.0645. The first-order valence-electron chi connectivity index (χ1n) is 1.42. The van der Waals surface area contributed by atoms with Crippen LogP contribution in [0, 0.1) is 11.5 Å². The molecule has 0 aromatic rings. The third-order valence-electron chi connectivity index (χ3n) is 0.209. The molecule has 0 saturated heterocycles. The topological polar surface area (TPSA) is 33.0 Å². The van der Waals surface area contributed by atoms with Crippen molar-refractivity contribution in [2.75, 3.05) is 6.61 Å². The van der Waals surface area contributed by atoms with Crippen molar-refractivity contribution in [2.45, 2.75) is 21.8 Å². The van der Waals surface area contributed by atoms with E-state index in [0.717, 1.165) is 0 Å². The number of hydrogen-bond donors (Lipinski definition) is 0. The van der Waals surface area contributed by atoms with Gasteiger partial charge in [-0.1, -0.05) is 14.9 Å². The molecule has 0 aromatic carbocycles. The Labute approximate surface area is 45.7 Å². The standard InChI is InChI=1S/C3H5NO.2CH4/c1-2-5-3-4;;/h2H2,1H3;2*1H4. The average Bonchev–Trinajstić information content (AvgIpc) is 1.41. The summed E-state index contributed by atoms with van der Waals surface area (Å²) >= 11 is 0. The number of rotatable bonds is 1. The zero-order valence-corrected chi connectivity index (χ0v) is 3.06. The Bertz CT molecular complexity index is 46.5. The van der Waals surface area contributed by atoms with Crippen molar-refractivity contribution in [3.05, 3.63) is 0 Å². The van der Waals surface area contributed by atoms with Gasteiger partial charge in [0.05, 0.1) is 6.61 Å². The van der Waals surface area contributed by atoms with Crippen LogP contribution < -0.4 is 0 Å². The third-order valence-corrected chi connectivity index (χ3v) is 0.209. The Morgan fingerprint density at radius 1 is 1.57 bits per heavy atom. The molecular weight excluding hydrogens is 90.1 g/mol. The van der Waals surface area contributed by atoms with Crippen molar-refractivity contribution < 1.29 is 4.74 Å². The van der Waals surface area contributed by atoms with E-state index in [1.807, 2.05) is 0 Å². The molecule has 0 aliphatic heterocycles. The second kappa shape index (κ2) is 18.6. The number of nitrogens with zero attached hydrogens (tertiary/aromatic N) is 1. The highest BCUT2D eigenvalue weighted by atomic mass is 16.5. The molecule has 0 unspecified atom stereocenters. The molecule has 0 rings (SSSR count). The van der Waals surface area contributed by atoms with Gasteiger partial charge in [-0.05, 0) is 6.92 Å². The predicted molar refractivity (Wildman–Crippen MR) is 30.7 cm³/mol. The summed E-state index contributed by atoms with van der Waals surface area (Å²) in [6, 6.07) is 0. The lowest BCUT2D eigenvalue weighted by molar-refractivity contribution is 0.291. The first kappa shape index (κ1) is 16.3. The lowest BCUT2D eigenvalue weighted by Gasteiger charge is -1.76. The summed E-state index contributed by atoms with van der Waals surface area (Å²) < 4.78 is 4.14. The largest absolute Gasteiger partial charge is 0.428 e. The maximum absolute atomic E-state index is 7.59. The van der Waals surface area contributed by atoms with Gasteiger partial charge in [0.15, 0.2) is 0 Å². The quantitative estimate of drug-likeness (QED) is 0.474. The zero-order chi connectivity index (χ0) is 4.12. The first-order valence-corrected chi connectivity index (χ1v) is 1.42. The van der Waals surface area contributed by atoms with Crippen LogP contribution in [0.3, 0.4) is 0 Å². The molecule has 0 aliphatic rings. The summed E-state index contributed by atoms with van der Waals surface area (Å²) in [6.45, 7) is 2.25. The highest BCUT2D eigenvalue weighted by Gasteiger charge is 1.60. The minimum atomic E-state index is 0. The molecule has 0 radical (unpaired) electrons. The Balaban J connectivity index is -0.0000000800. The third kappa shape index (κ3) is 34.4. The second-order valence-electron chi connectivity index (χ2n) is 0.524. The van der Waals surface area contributed by atoms with Gasteiger partial charge in [0.1, 0.15) is 0 Å². The van der Waals surface area contributed by atoms with Crippen molar-refractivity contribution in [1.82, 2.24) is 0 Å². The summed E-state index contributed by atoms with van der Waals surface area (Å²) in [4.78, 5) is 0. The van der Waals surface area contributed by atoms with Gasteiger partial charge >= 0.3 is 0 Å². The summed E-state index contributed by atoms with van der Waals surface area (Å²) in [5.41, 5.74) is 0. The van der Waals surface area contributed by atoms with Crippen LogP contribution in [-0.2, 0) is 4.74 Å². The molecule has 0 amide bonds. The van der Waals surface area contributed by atoms with E-state index in [2.05, 4.69) is 4.74 Å². The van der Waals surface area contributed by atoms with Gasteiger partial charge < -0.3 is 4.74 Å². The van der Waals surface area contributed by atoms with Crippen LogP contribution in [0.2, 0.25) is 0 Å². The molecule has 0 aromatic heterocycles. The molecule has 0 heterocycles. The van der Waals surface area contributed by atoms with E-state index in [1.165, 1.54) is 6.26 Å². The maximum atomic E-state index is 7.59. The van der Waals surface area contributed by atoms with Crippen LogP contribution in [-0.4, -0.2) is 6.61 Å². The summed E-state index contributed by atoms with van der Waals surface area (Å²) in [7, 11) is 0. The molecule has 0 saturated carbocycles. The Morgan fingerprint density at radius 2 is 2.00 bits per heavy atom. The average molecular weight is 103 g/mol. The van der Waals surface area contributed by atoms with Crippen LogP contribution in [0.15, 0.2) is 0 Å². The van der Waals surface area contributed by atoms with Crippen LogP contribution in [0.1, 0.15) is 21.8 Å². The first-order chi connectivity index (χ1) is 2.41. The molecule has 0 spiro atoms. The van der Waals surface area contributed by atoms with Crippen molar-refractivity contribution in [2.24, 2.45) is 0 Å². The molecule has 0 N–H and O–H groups in total. The van der Waals surface area contributed by atoms with Crippen molar-refractivity contribution in [3.8, 4) is 6.26 Å². The summed E-state index contributed by atoms with van der Waals surface area (Å²) in [6.07, 6.45) is 1.52. The monoisotopic (exact) mass is 103 g/mol. The van der Waals surface area contributed by atoms with Crippen molar-refractivity contribution >= 4 is 0 Å². The fourth-order valence-corrected chi connectivity index (χ4v) is 0.0645. The Hall–Kier alpha value is -0.710. The Kier molecular flexibility index (Phi) is 43.1. The Morgan fingerprint density at radius 3 is 2.00 bits per heavy atom. The van der Waals surface area contributed by atoms with Crippen molar-refractivity contribution in [3.63, 3.8) is 0 Å². The lowest BCUT2D eigenvalue weighted by atomic mass is 10.9. The van der Waals surface area contributed by atoms with E-state index in [-0.39, 0.29) is 14.9 Å². The van der Waals surface area contributed by atoms with Gasteiger partial charge in [-0.3, -0.25) is 0 Å². The van der Waals surface area contributed by atoms with Crippen molar-refractivity contribution in [1.29, 1.82) is 5.26 Å². The minimum absolute atomic E-state index is 0.